The number of aromatic amines is 2. The van der Waals surface area contributed by atoms with Gasteiger partial charge in [-0.2, -0.15) is 0 Å². The lowest BCUT2D eigenvalue weighted by atomic mass is 10.2. The number of aromatic hydroxyl groups is 1. The van der Waals surface area contributed by atoms with E-state index in [-0.39, 0.29) is 11.4 Å². The lowest BCUT2D eigenvalue weighted by Gasteiger charge is -1.99. The summed E-state index contributed by atoms with van der Waals surface area (Å²) >= 11 is 0. The number of nitrogens with zero attached hydrogens (tertiary/aromatic N) is 3. The van der Waals surface area contributed by atoms with E-state index in [0.29, 0.717) is 5.56 Å². The summed E-state index contributed by atoms with van der Waals surface area (Å²) in [5, 5.41) is 27.3. The average Bonchev–Trinajstić information content (AvgIpc) is 2.38. The van der Waals surface area contributed by atoms with Gasteiger partial charge in [-0.15, -0.1) is 10.2 Å². The van der Waals surface area contributed by atoms with Crippen LogP contribution in [0.5, 0.6) is 5.88 Å². The van der Waals surface area contributed by atoms with Crippen molar-refractivity contribution in [3.05, 3.63) is 54.7 Å². The third kappa shape index (κ3) is 3.00. The van der Waals surface area contributed by atoms with Gasteiger partial charge in [0.1, 0.15) is 0 Å². The number of nitrogens with one attached hydrogen (secondary N) is 2. The number of nitro benzene ring substituents is 1. The molecule has 0 radical (unpaired) electrons. The number of azo groups is 1. The molecule has 2 rings (SSSR count). The molecular weight excluding hydrogens is 282 g/mol. The second-order valence-electron chi connectivity index (χ2n) is 4.03. The van der Waals surface area contributed by atoms with Crippen molar-refractivity contribution < 1.29 is 10.0 Å². The van der Waals surface area contributed by atoms with E-state index in [4.69, 9.17) is 0 Å². The van der Waals surface area contributed by atoms with Crippen LogP contribution in [-0.2, 0) is 0 Å². The molecule has 0 amide bonds. The number of rotatable bonds is 3. The first-order chi connectivity index (χ1) is 9.88. The van der Waals surface area contributed by atoms with E-state index in [0.717, 1.165) is 0 Å². The number of hydrogen-bond acceptors (Lipinski definition) is 7. The van der Waals surface area contributed by atoms with Crippen LogP contribution in [0.1, 0.15) is 5.56 Å². The van der Waals surface area contributed by atoms with E-state index in [1.807, 2.05) is 9.97 Å². The van der Waals surface area contributed by atoms with E-state index < -0.39 is 27.7 Å². The van der Waals surface area contributed by atoms with Crippen molar-refractivity contribution in [1.29, 1.82) is 0 Å². The van der Waals surface area contributed by atoms with Crippen LogP contribution in [0.3, 0.4) is 0 Å². The van der Waals surface area contributed by atoms with Crippen molar-refractivity contribution in [3.63, 3.8) is 0 Å². The number of hydrogen-bond donors (Lipinski definition) is 3. The van der Waals surface area contributed by atoms with Gasteiger partial charge in [-0.25, -0.2) is 4.79 Å². The van der Waals surface area contributed by atoms with Crippen LogP contribution in [0.2, 0.25) is 0 Å². The molecule has 21 heavy (non-hydrogen) atoms. The molecule has 0 aliphatic heterocycles. The molecule has 3 N–H and O–H groups in total. The van der Waals surface area contributed by atoms with Crippen LogP contribution < -0.4 is 11.2 Å². The maximum atomic E-state index is 11.4. The van der Waals surface area contributed by atoms with Gasteiger partial charge < -0.3 is 5.11 Å². The molecule has 0 fully saturated rings. The molecule has 1 aromatic carbocycles. The summed E-state index contributed by atoms with van der Waals surface area (Å²) < 4.78 is 0. The van der Waals surface area contributed by atoms with Crippen molar-refractivity contribution in [3.8, 4) is 5.88 Å². The van der Waals surface area contributed by atoms with Gasteiger partial charge in [0.15, 0.2) is 0 Å². The first-order valence-corrected chi connectivity index (χ1v) is 5.61. The minimum absolute atomic E-state index is 0.101. The summed E-state index contributed by atoms with van der Waals surface area (Å²) in [6, 6.07) is 3.89. The maximum absolute atomic E-state index is 11.4. The summed E-state index contributed by atoms with van der Waals surface area (Å²) in [5.41, 5.74) is -1.59. The molecule has 10 heteroatoms. The van der Waals surface area contributed by atoms with Crippen LogP contribution >= 0.6 is 0 Å². The summed E-state index contributed by atoms with van der Waals surface area (Å²) in [4.78, 5) is 36.2. The Morgan fingerprint density at radius 1 is 1.24 bits per heavy atom. The second-order valence-corrected chi connectivity index (χ2v) is 4.03. The standard InChI is InChI=1S/C11H9N5O5/c1-5-4-6(16(20)21)2-3-7(5)14-15-8-9(17)12-11(19)13-10(8)18/h2-4H,1H3,(H3,12,13,17,18,19). The quantitative estimate of drug-likeness (QED) is 0.443. The Hall–Kier alpha value is -3.30. The molecule has 0 aliphatic carbocycles. The Balaban J connectivity index is 2.41. The van der Waals surface area contributed by atoms with Gasteiger partial charge in [0, 0.05) is 12.1 Å². The number of non-ortho nitro benzene ring substituents is 1. The fourth-order valence-electron chi connectivity index (χ4n) is 1.53. The second kappa shape index (κ2) is 5.36. The van der Waals surface area contributed by atoms with E-state index >= 15 is 0 Å². The van der Waals surface area contributed by atoms with Crippen LogP contribution in [0.4, 0.5) is 17.1 Å². The fourth-order valence-corrected chi connectivity index (χ4v) is 1.53. The number of H-pyrrole nitrogens is 2. The predicted octanol–water partition coefficient (Wildman–Crippen LogP) is 1.40. The minimum atomic E-state index is -0.903. The zero-order chi connectivity index (χ0) is 15.6. The zero-order valence-corrected chi connectivity index (χ0v) is 10.7. The average molecular weight is 291 g/mol. The van der Waals surface area contributed by atoms with Gasteiger partial charge in [0.25, 0.3) is 11.2 Å². The van der Waals surface area contributed by atoms with Gasteiger partial charge in [0.05, 0.1) is 10.6 Å². The van der Waals surface area contributed by atoms with Gasteiger partial charge >= 0.3 is 5.69 Å². The lowest BCUT2D eigenvalue weighted by molar-refractivity contribution is -0.384. The molecule has 2 aromatic rings. The number of nitro groups is 1. The summed E-state index contributed by atoms with van der Waals surface area (Å²) in [5.74, 6) is -0.716. The predicted molar refractivity (Wildman–Crippen MR) is 71.4 cm³/mol. The highest BCUT2D eigenvalue weighted by molar-refractivity contribution is 5.52. The molecule has 0 aliphatic rings. The molecule has 0 saturated heterocycles. The largest absolute Gasteiger partial charge is 0.493 e. The van der Waals surface area contributed by atoms with E-state index in [1.54, 1.807) is 6.92 Å². The normalized spacial score (nSPS) is 10.9. The first-order valence-electron chi connectivity index (χ1n) is 5.61. The third-order valence-corrected chi connectivity index (χ3v) is 2.55. The molecule has 0 unspecified atom stereocenters. The molecule has 1 heterocycles. The summed E-state index contributed by atoms with van der Waals surface area (Å²) in [6.45, 7) is 1.58. The zero-order valence-electron chi connectivity index (χ0n) is 10.7. The van der Waals surface area contributed by atoms with E-state index in [9.17, 15) is 24.8 Å². The van der Waals surface area contributed by atoms with Gasteiger partial charge in [-0.3, -0.25) is 24.9 Å². The summed E-state index contributed by atoms with van der Waals surface area (Å²) in [6.07, 6.45) is 0. The maximum Gasteiger partial charge on any atom is 0.328 e. The van der Waals surface area contributed by atoms with E-state index in [2.05, 4.69) is 10.2 Å². The number of aryl methyl sites for hydroxylation is 1. The molecule has 0 spiro atoms. The lowest BCUT2D eigenvalue weighted by Crippen LogP contribution is -2.20. The highest BCUT2D eigenvalue weighted by atomic mass is 16.6. The Morgan fingerprint density at radius 3 is 2.52 bits per heavy atom. The monoisotopic (exact) mass is 291 g/mol. The molecule has 0 atom stereocenters. The Labute approximate surface area is 116 Å². The SMILES string of the molecule is Cc1cc([N+](=O)[O-])ccc1N=Nc1c(O)[nH]c(=O)[nH]c1=O. The molecular formula is C11H9N5O5. The number of aromatic nitrogens is 2. The summed E-state index contributed by atoms with van der Waals surface area (Å²) in [7, 11) is 0. The van der Waals surface area contributed by atoms with Crippen LogP contribution in [0.25, 0.3) is 0 Å². The smallest absolute Gasteiger partial charge is 0.328 e. The topological polar surface area (TPSA) is 154 Å². The van der Waals surface area contributed by atoms with Gasteiger partial charge in [-0.05, 0) is 18.6 Å². The molecule has 10 nitrogen and oxygen atoms in total. The van der Waals surface area contributed by atoms with Crippen molar-refractivity contribution >= 4 is 17.1 Å². The Kier molecular flexibility index (Phi) is 3.61. The van der Waals surface area contributed by atoms with Gasteiger partial charge in [0.2, 0.25) is 11.6 Å². The van der Waals surface area contributed by atoms with Crippen molar-refractivity contribution in [1.82, 2.24) is 9.97 Å². The molecule has 108 valence electrons. The fraction of sp³-hybridized carbons (Fsp3) is 0.0909. The number of benzene rings is 1. The Bertz CT molecular complexity index is 851. The molecule has 0 bridgehead atoms. The van der Waals surface area contributed by atoms with E-state index in [1.165, 1.54) is 18.2 Å². The van der Waals surface area contributed by atoms with Crippen LogP contribution in [0, 0.1) is 17.0 Å². The highest BCUT2D eigenvalue weighted by Crippen LogP contribution is 2.26. The van der Waals surface area contributed by atoms with Crippen molar-refractivity contribution in [2.45, 2.75) is 6.92 Å². The minimum Gasteiger partial charge on any atom is -0.493 e. The van der Waals surface area contributed by atoms with Gasteiger partial charge in [-0.1, -0.05) is 0 Å². The van der Waals surface area contributed by atoms with Crippen LogP contribution in [-0.4, -0.2) is 20.0 Å². The molecule has 0 saturated carbocycles. The Morgan fingerprint density at radius 2 is 1.95 bits per heavy atom. The third-order valence-electron chi connectivity index (χ3n) is 2.55. The first kappa shape index (κ1) is 14.1. The molecule has 1 aromatic heterocycles. The van der Waals surface area contributed by atoms with Crippen molar-refractivity contribution in [2.75, 3.05) is 0 Å². The van der Waals surface area contributed by atoms with Crippen LogP contribution in [0.15, 0.2) is 38.0 Å². The van der Waals surface area contributed by atoms with Crippen molar-refractivity contribution in [2.24, 2.45) is 10.2 Å². The highest BCUT2D eigenvalue weighted by Gasteiger charge is 2.10.